The quantitative estimate of drug-likeness (QED) is 0.473. The summed E-state index contributed by atoms with van der Waals surface area (Å²) < 4.78 is 26.3. The van der Waals surface area contributed by atoms with E-state index in [0.29, 0.717) is 26.2 Å². The largest absolute Gasteiger partial charge is 0.378 e. The van der Waals surface area contributed by atoms with Crippen molar-refractivity contribution in [1.29, 1.82) is 0 Å². The van der Waals surface area contributed by atoms with Crippen LogP contribution < -0.4 is 10.0 Å². The maximum Gasteiger partial charge on any atom is 0.281 e. The molecule has 1 heterocycles. The second-order valence-corrected chi connectivity index (χ2v) is 4.65. The topological polar surface area (TPSA) is 81.7 Å². The fourth-order valence-electron chi connectivity index (χ4n) is 1.17. The first-order valence-electron chi connectivity index (χ1n) is 4.18. The Morgan fingerprint density at radius 3 is 2.46 bits per heavy atom. The molecule has 1 aliphatic heterocycles. The molecule has 1 fully saturated rings. The van der Waals surface area contributed by atoms with E-state index >= 15 is 0 Å². The average Bonchev–Trinajstić information content (AvgIpc) is 2.04. The van der Waals surface area contributed by atoms with Crippen LogP contribution in [0.15, 0.2) is 0 Å². The summed E-state index contributed by atoms with van der Waals surface area (Å²) in [5.41, 5.74) is 0. The van der Waals surface area contributed by atoms with Crippen LogP contribution >= 0.6 is 0 Å². The predicted octanol–water partition coefficient (Wildman–Crippen LogP) is -1.94. The van der Waals surface area contributed by atoms with Crippen molar-refractivity contribution in [3.8, 4) is 0 Å². The molecule has 1 atom stereocenters. The standard InChI is InChI=1S/C6H15N3O3S/c1-6(10)8-13(11,12)9-4-2-7-3-5-9/h6-8,10H,2-5H2,1H3. The van der Waals surface area contributed by atoms with E-state index in [1.807, 2.05) is 0 Å². The molecule has 0 saturated carbocycles. The molecular weight excluding hydrogens is 194 g/mol. The van der Waals surface area contributed by atoms with Gasteiger partial charge in [-0.05, 0) is 6.92 Å². The molecule has 0 amide bonds. The summed E-state index contributed by atoms with van der Waals surface area (Å²) in [4.78, 5) is 0. The van der Waals surface area contributed by atoms with Crippen molar-refractivity contribution in [2.75, 3.05) is 26.2 Å². The van der Waals surface area contributed by atoms with Crippen molar-refractivity contribution in [3.63, 3.8) is 0 Å². The van der Waals surface area contributed by atoms with Gasteiger partial charge in [-0.1, -0.05) is 0 Å². The van der Waals surface area contributed by atoms with Crippen molar-refractivity contribution >= 4 is 10.2 Å². The minimum atomic E-state index is -3.49. The third kappa shape index (κ3) is 3.20. The van der Waals surface area contributed by atoms with E-state index in [1.54, 1.807) is 0 Å². The van der Waals surface area contributed by atoms with Gasteiger partial charge in [0.25, 0.3) is 10.2 Å². The van der Waals surface area contributed by atoms with Gasteiger partial charge in [-0.3, -0.25) is 0 Å². The van der Waals surface area contributed by atoms with Crippen LogP contribution in [0.2, 0.25) is 0 Å². The maximum atomic E-state index is 11.4. The van der Waals surface area contributed by atoms with E-state index in [2.05, 4.69) is 10.0 Å². The highest BCUT2D eigenvalue weighted by Gasteiger charge is 2.24. The van der Waals surface area contributed by atoms with E-state index in [9.17, 15) is 8.42 Å². The lowest BCUT2D eigenvalue weighted by atomic mass is 10.4. The molecular formula is C6H15N3O3S. The Bertz CT molecular complexity index is 246. The number of aliphatic hydroxyl groups is 1. The fraction of sp³-hybridized carbons (Fsp3) is 1.00. The molecule has 6 nitrogen and oxygen atoms in total. The zero-order valence-corrected chi connectivity index (χ0v) is 8.34. The SMILES string of the molecule is CC(O)NS(=O)(=O)N1CCNCC1. The van der Waals surface area contributed by atoms with E-state index in [0.717, 1.165) is 0 Å². The van der Waals surface area contributed by atoms with Crippen molar-refractivity contribution < 1.29 is 13.5 Å². The molecule has 0 bridgehead atoms. The van der Waals surface area contributed by atoms with Gasteiger partial charge in [0.15, 0.2) is 0 Å². The number of rotatable bonds is 3. The minimum absolute atomic E-state index is 0.446. The average molecular weight is 209 g/mol. The molecule has 0 spiro atoms. The molecule has 0 radical (unpaired) electrons. The third-order valence-corrected chi connectivity index (χ3v) is 3.42. The Morgan fingerprint density at radius 1 is 1.46 bits per heavy atom. The molecule has 3 N–H and O–H groups in total. The third-order valence-electron chi connectivity index (χ3n) is 1.74. The minimum Gasteiger partial charge on any atom is -0.378 e. The molecule has 7 heteroatoms. The second-order valence-electron chi connectivity index (χ2n) is 2.95. The molecule has 0 aromatic heterocycles. The van der Waals surface area contributed by atoms with Gasteiger partial charge < -0.3 is 10.4 Å². The Hall–Kier alpha value is -0.210. The highest BCUT2D eigenvalue weighted by molar-refractivity contribution is 7.87. The molecule has 0 aromatic carbocycles. The zero-order chi connectivity index (χ0) is 9.90. The Labute approximate surface area is 78.1 Å². The monoisotopic (exact) mass is 209 g/mol. The van der Waals surface area contributed by atoms with Gasteiger partial charge in [0.05, 0.1) is 0 Å². The highest BCUT2D eigenvalue weighted by atomic mass is 32.2. The predicted molar refractivity (Wildman–Crippen MR) is 48.2 cm³/mol. The Balaban J connectivity index is 2.57. The van der Waals surface area contributed by atoms with Gasteiger partial charge >= 0.3 is 0 Å². The second kappa shape index (κ2) is 4.34. The zero-order valence-electron chi connectivity index (χ0n) is 7.52. The van der Waals surface area contributed by atoms with Crippen LogP contribution in [-0.2, 0) is 10.2 Å². The molecule has 78 valence electrons. The molecule has 0 aromatic rings. The van der Waals surface area contributed by atoms with Crippen LogP contribution in [0.3, 0.4) is 0 Å². The van der Waals surface area contributed by atoms with Crippen LogP contribution in [0, 0.1) is 0 Å². The maximum absolute atomic E-state index is 11.4. The number of nitrogens with one attached hydrogen (secondary N) is 2. The Kier molecular flexibility index (Phi) is 3.63. The summed E-state index contributed by atoms with van der Waals surface area (Å²) in [6.45, 7) is 3.57. The van der Waals surface area contributed by atoms with Crippen LogP contribution in [0.4, 0.5) is 0 Å². The molecule has 0 aliphatic carbocycles. The lowest BCUT2D eigenvalue weighted by Gasteiger charge is -2.27. The fourth-order valence-corrected chi connectivity index (χ4v) is 2.42. The summed E-state index contributed by atoms with van der Waals surface area (Å²) in [5.74, 6) is 0. The summed E-state index contributed by atoms with van der Waals surface area (Å²) in [7, 11) is -3.49. The first-order valence-corrected chi connectivity index (χ1v) is 5.62. The normalized spacial score (nSPS) is 22.9. The van der Waals surface area contributed by atoms with Crippen molar-refractivity contribution in [2.45, 2.75) is 13.2 Å². The number of hydrogen-bond donors (Lipinski definition) is 3. The lowest BCUT2D eigenvalue weighted by Crippen LogP contribution is -2.52. The van der Waals surface area contributed by atoms with Gasteiger partial charge in [-0.2, -0.15) is 17.4 Å². The lowest BCUT2D eigenvalue weighted by molar-refractivity contribution is 0.179. The van der Waals surface area contributed by atoms with Crippen LogP contribution in [0.1, 0.15) is 6.92 Å². The van der Waals surface area contributed by atoms with Crippen molar-refractivity contribution in [1.82, 2.24) is 14.3 Å². The number of nitrogens with zero attached hydrogens (tertiary/aromatic N) is 1. The van der Waals surface area contributed by atoms with Crippen LogP contribution in [0.25, 0.3) is 0 Å². The van der Waals surface area contributed by atoms with Gasteiger partial charge in [0, 0.05) is 26.2 Å². The van der Waals surface area contributed by atoms with E-state index in [-0.39, 0.29) is 0 Å². The first kappa shape index (κ1) is 10.9. The van der Waals surface area contributed by atoms with Gasteiger partial charge in [0.1, 0.15) is 6.23 Å². The summed E-state index contributed by atoms with van der Waals surface area (Å²) in [6.07, 6.45) is -1.04. The van der Waals surface area contributed by atoms with E-state index in [1.165, 1.54) is 11.2 Å². The number of aliphatic hydroxyl groups excluding tert-OH is 1. The number of piperazine rings is 1. The van der Waals surface area contributed by atoms with Gasteiger partial charge in [0.2, 0.25) is 0 Å². The van der Waals surface area contributed by atoms with E-state index in [4.69, 9.17) is 5.11 Å². The smallest absolute Gasteiger partial charge is 0.281 e. The summed E-state index contributed by atoms with van der Waals surface area (Å²) >= 11 is 0. The van der Waals surface area contributed by atoms with Crippen LogP contribution in [-0.4, -0.2) is 50.2 Å². The molecule has 1 saturated heterocycles. The summed E-state index contributed by atoms with van der Waals surface area (Å²) in [6, 6.07) is 0. The highest BCUT2D eigenvalue weighted by Crippen LogP contribution is 2.00. The molecule has 1 aliphatic rings. The molecule has 1 rings (SSSR count). The summed E-state index contributed by atoms with van der Waals surface area (Å²) in [5, 5.41) is 11.9. The van der Waals surface area contributed by atoms with Crippen molar-refractivity contribution in [2.24, 2.45) is 0 Å². The molecule has 1 unspecified atom stereocenters. The van der Waals surface area contributed by atoms with E-state index < -0.39 is 16.4 Å². The van der Waals surface area contributed by atoms with Crippen molar-refractivity contribution in [3.05, 3.63) is 0 Å². The molecule has 13 heavy (non-hydrogen) atoms. The Morgan fingerprint density at radius 2 is 2.00 bits per heavy atom. The first-order chi connectivity index (χ1) is 6.02. The van der Waals surface area contributed by atoms with Gasteiger partial charge in [-0.15, -0.1) is 0 Å². The van der Waals surface area contributed by atoms with Crippen LogP contribution in [0.5, 0.6) is 0 Å². The van der Waals surface area contributed by atoms with Gasteiger partial charge in [-0.25, -0.2) is 0 Å². The number of hydrogen-bond acceptors (Lipinski definition) is 4.